The first-order chi connectivity index (χ1) is 13.9. The summed E-state index contributed by atoms with van der Waals surface area (Å²) in [6.45, 7) is 10.3. The SMILES string of the molecule is CCC.COc1ccc(COc2cc(C(=NC3COCC3(C)C)SC)on2)cc1. The Hall–Kier alpha value is -1.99. The molecule has 0 N–H and O–H groups in total. The van der Waals surface area contributed by atoms with Crippen LogP contribution in [0, 0.1) is 5.41 Å². The van der Waals surface area contributed by atoms with E-state index in [1.807, 2.05) is 30.5 Å². The normalized spacial score (nSPS) is 18.1. The summed E-state index contributed by atoms with van der Waals surface area (Å²) in [5, 5.41) is 4.80. The fourth-order valence-electron chi connectivity index (χ4n) is 2.63. The average molecular weight is 421 g/mol. The maximum Gasteiger partial charge on any atom is 0.255 e. The Morgan fingerprint density at radius 2 is 1.97 bits per heavy atom. The van der Waals surface area contributed by atoms with Gasteiger partial charge < -0.3 is 18.7 Å². The Morgan fingerprint density at radius 1 is 1.28 bits per heavy atom. The van der Waals surface area contributed by atoms with Crippen LogP contribution in [0.5, 0.6) is 11.6 Å². The monoisotopic (exact) mass is 420 g/mol. The van der Waals surface area contributed by atoms with E-state index in [9.17, 15) is 0 Å². The molecule has 29 heavy (non-hydrogen) atoms. The molecule has 1 aliphatic rings. The summed E-state index contributed by atoms with van der Waals surface area (Å²) in [4.78, 5) is 4.82. The van der Waals surface area contributed by atoms with E-state index >= 15 is 0 Å². The van der Waals surface area contributed by atoms with Gasteiger partial charge in [-0.25, -0.2) is 0 Å². The fourth-order valence-corrected chi connectivity index (χ4v) is 3.16. The number of hydrogen-bond donors (Lipinski definition) is 0. The van der Waals surface area contributed by atoms with Crippen molar-refractivity contribution in [2.24, 2.45) is 10.4 Å². The van der Waals surface area contributed by atoms with Gasteiger partial charge in [-0.15, -0.1) is 11.8 Å². The van der Waals surface area contributed by atoms with Gasteiger partial charge in [0.05, 0.1) is 32.4 Å². The Labute approximate surface area is 178 Å². The van der Waals surface area contributed by atoms with Crippen LogP contribution in [0.4, 0.5) is 0 Å². The second-order valence-corrected chi connectivity index (χ2v) is 8.33. The zero-order chi connectivity index (χ0) is 21.3. The summed E-state index contributed by atoms with van der Waals surface area (Å²) < 4.78 is 21.9. The van der Waals surface area contributed by atoms with Crippen molar-refractivity contribution < 1.29 is 18.7 Å². The fraction of sp³-hybridized carbons (Fsp3) is 0.545. The van der Waals surface area contributed by atoms with Crippen LogP contribution < -0.4 is 9.47 Å². The van der Waals surface area contributed by atoms with Crippen LogP contribution in [0.2, 0.25) is 0 Å². The molecule has 1 saturated heterocycles. The van der Waals surface area contributed by atoms with E-state index < -0.39 is 0 Å². The standard InChI is InChI=1S/C19H24N2O4S.C3H8/c1-19(2)12-23-11-16(19)20-18(26-4)15-9-17(21-25-15)24-10-13-5-7-14(22-3)8-6-13;1-3-2/h5-9,16H,10-12H2,1-4H3;3H2,1-2H3. The van der Waals surface area contributed by atoms with Crippen LogP contribution >= 0.6 is 11.8 Å². The number of aliphatic imine (C=N–C) groups is 1. The smallest absolute Gasteiger partial charge is 0.255 e. The summed E-state index contributed by atoms with van der Waals surface area (Å²) in [5.74, 6) is 1.88. The van der Waals surface area contributed by atoms with Gasteiger partial charge in [0, 0.05) is 5.41 Å². The van der Waals surface area contributed by atoms with E-state index in [4.69, 9.17) is 23.7 Å². The highest BCUT2D eigenvalue weighted by Crippen LogP contribution is 2.31. The van der Waals surface area contributed by atoms with Gasteiger partial charge in [-0.1, -0.05) is 46.2 Å². The molecule has 0 spiro atoms. The molecule has 1 fully saturated rings. The predicted octanol–water partition coefficient (Wildman–Crippen LogP) is 5.21. The number of rotatable bonds is 6. The quantitative estimate of drug-likeness (QED) is 0.472. The van der Waals surface area contributed by atoms with Crippen molar-refractivity contribution in [3.63, 3.8) is 0 Å². The van der Waals surface area contributed by atoms with Crippen LogP contribution in [0.1, 0.15) is 45.4 Å². The first-order valence-corrected chi connectivity index (χ1v) is 11.1. The van der Waals surface area contributed by atoms with Gasteiger partial charge in [0.2, 0.25) is 0 Å². The lowest BCUT2D eigenvalue weighted by atomic mass is 9.88. The van der Waals surface area contributed by atoms with Crippen LogP contribution in [-0.2, 0) is 11.3 Å². The molecule has 160 valence electrons. The van der Waals surface area contributed by atoms with Crippen molar-refractivity contribution in [3.05, 3.63) is 41.7 Å². The van der Waals surface area contributed by atoms with Crippen molar-refractivity contribution in [1.82, 2.24) is 5.16 Å². The van der Waals surface area contributed by atoms with Crippen molar-refractivity contribution in [1.29, 1.82) is 0 Å². The summed E-state index contributed by atoms with van der Waals surface area (Å²) in [5.41, 5.74) is 1.05. The maximum absolute atomic E-state index is 5.72. The average Bonchev–Trinajstić information content (AvgIpc) is 3.31. The third-order valence-electron chi connectivity index (χ3n) is 4.36. The molecular formula is C22H32N2O4S. The molecule has 2 aromatic rings. The third-order valence-corrected chi connectivity index (χ3v) is 5.06. The highest BCUT2D eigenvalue weighted by atomic mass is 32.2. The highest BCUT2D eigenvalue weighted by molar-refractivity contribution is 8.13. The molecule has 1 aliphatic heterocycles. The third kappa shape index (κ3) is 6.78. The number of nitrogens with zero attached hydrogens (tertiary/aromatic N) is 2. The topological polar surface area (TPSA) is 66.1 Å². The van der Waals surface area contributed by atoms with E-state index in [1.165, 1.54) is 18.2 Å². The summed E-state index contributed by atoms with van der Waals surface area (Å²) in [6.07, 6.45) is 3.22. The van der Waals surface area contributed by atoms with Gasteiger partial charge in [0.25, 0.3) is 5.88 Å². The number of aromatic nitrogens is 1. The van der Waals surface area contributed by atoms with E-state index in [1.54, 1.807) is 13.2 Å². The van der Waals surface area contributed by atoms with Crippen LogP contribution in [0.3, 0.4) is 0 Å². The Morgan fingerprint density at radius 3 is 2.52 bits per heavy atom. The first kappa shape index (κ1) is 23.3. The zero-order valence-corrected chi connectivity index (χ0v) is 19.0. The number of hydrogen-bond acceptors (Lipinski definition) is 7. The molecule has 1 unspecified atom stereocenters. The minimum absolute atomic E-state index is 0.0225. The van der Waals surface area contributed by atoms with Gasteiger partial charge in [-0.05, 0) is 29.1 Å². The second-order valence-electron chi connectivity index (χ2n) is 7.53. The lowest BCUT2D eigenvalue weighted by Crippen LogP contribution is -2.26. The highest BCUT2D eigenvalue weighted by Gasteiger charge is 2.36. The Bertz CT molecular complexity index is 771. The van der Waals surface area contributed by atoms with E-state index in [0.29, 0.717) is 24.9 Å². The van der Waals surface area contributed by atoms with Crippen LogP contribution in [-0.4, -0.2) is 42.8 Å². The molecule has 7 heteroatoms. The minimum atomic E-state index is 0.0225. The number of benzene rings is 1. The van der Waals surface area contributed by atoms with Crippen molar-refractivity contribution in [2.45, 2.75) is 46.8 Å². The molecule has 0 bridgehead atoms. The number of thioether (sulfide) groups is 1. The molecule has 0 radical (unpaired) electrons. The Kier molecular flexibility index (Phi) is 9.04. The molecule has 1 atom stereocenters. The predicted molar refractivity (Wildman–Crippen MR) is 118 cm³/mol. The minimum Gasteiger partial charge on any atom is -0.497 e. The Balaban J connectivity index is 0.000000941. The summed E-state index contributed by atoms with van der Waals surface area (Å²) in [6, 6.07) is 9.60. The van der Waals surface area contributed by atoms with E-state index in [-0.39, 0.29) is 11.5 Å². The zero-order valence-electron chi connectivity index (χ0n) is 18.2. The second kappa shape index (κ2) is 11.3. The van der Waals surface area contributed by atoms with E-state index in [0.717, 1.165) is 23.0 Å². The summed E-state index contributed by atoms with van der Waals surface area (Å²) >= 11 is 1.53. The van der Waals surface area contributed by atoms with Gasteiger partial charge in [-0.2, -0.15) is 0 Å². The van der Waals surface area contributed by atoms with Crippen LogP contribution in [0.15, 0.2) is 39.8 Å². The molecule has 2 heterocycles. The number of methoxy groups -OCH3 is 1. The molecule has 0 saturated carbocycles. The van der Waals surface area contributed by atoms with Gasteiger partial charge in [0.1, 0.15) is 17.4 Å². The van der Waals surface area contributed by atoms with Gasteiger partial charge >= 0.3 is 0 Å². The molecule has 3 rings (SSSR count). The molecule has 0 aliphatic carbocycles. The molecule has 1 aromatic carbocycles. The molecule has 0 amide bonds. The van der Waals surface area contributed by atoms with Crippen molar-refractivity contribution >= 4 is 16.8 Å². The number of ether oxygens (including phenoxy) is 3. The summed E-state index contributed by atoms with van der Waals surface area (Å²) in [7, 11) is 1.64. The molecule has 1 aromatic heterocycles. The van der Waals surface area contributed by atoms with E-state index in [2.05, 4.69) is 32.9 Å². The lowest BCUT2D eigenvalue weighted by Gasteiger charge is -2.21. The van der Waals surface area contributed by atoms with Gasteiger partial charge in [0.15, 0.2) is 5.76 Å². The molecular weight excluding hydrogens is 388 g/mol. The van der Waals surface area contributed by atoms with Crippen molar-refractivity contribution in [3.8, 4) is 11.6 Å². The first-order valence-electron chi connectivity index (χ1n) is 9.85. The van der Waals surface area contributed by atoms with Crippen LogP contribution in [0.25, 0.3) is 0 Å². The lowest BCUT2D eigenvalue weighted by molar-refractivity contribution is 0.167. The molecule has 6 nitrogen and oxygen atoms in total. The van der Waals surface area contributed by atoms with Crippen molar-refractivity contribution in [2.75, 3.05) is 26.6 Å². The van der Waals surface area contributed by atoms with Gasteiger partial charge in [-0.3, -0.25) is 4.99 Å². The largest absolute Gasteiger partial charge is 0.497 e. The maximum atomic E-state index is 5.72.